The molecule has 1 aromatic heterocycles. The summed E-state index contributed by atoms with van der Waals surface area (Å²) in [5.74, 6) is 0.592. The number of nitriles is 1. The molecule has 0 aliphatic rings. The van der Waals surface area contributed by atoms with E-state index in [1.165, 1.54) is 0 Å². The van der Waals surface area contributed by atoms with Crippen molar-refractivity contribution in [3.05, 3.63) is 16.8 Å². The number of anilines is 1. The molecule has 0 saturated heterocycles. The molecule has 1 N–H and O–H groups in total. The number of nitrogens with zero attached hydrogens (tertiary/aromatic N) is 3. The quantitative estimate of drug-likeness (QED) is 0.870. The lowest BCUT2D eigenvalue weighted by molar-refractivity contribution is 0.626. The van der Waals surface area contributed by atoms with Crippen LogP contribution in [-0.4, -0.2) is 15.7 Å². The molecule has 92 valence electrons. The van der Waals surface area contributed by atoms with Crippen molar-refractivity contribution in [2.24, 2.45) is 0 Å². The van der Waals surface area contributed by atoms with Crippen molar-refractivity contribution < 1.29 is 0 Å². The van der Waals surface area contributed by atoms with Gasteiger partial charge in [0.25, 0.3) is 0 Å². The van der Waals surface area contributed by atoms with E-state index < -0.39 is 0 Å². The molecular weight excluding hydrogens is 212 g/mol. The number of nitrogens with one attached hydrogen (secondary N) is 1. The van der Waals surface area contributed by atoms with E-state index >= 15 is 0 Å². The fraction of sp³-hybridized carbons (Fsp3) is 0.615. The van der Waals surface area contributed by atoms with Gasteiger partial charge >= 0.3 is 0 Å². The Balaban J connectivity index is 3.30. The zero-order valence-corrected chi connectivity index (χ0v) is 11.3. The number of hydrogen-bond donors (Lipinski definition) is 1. The molecule has 0 aliphatic carbocycles. The normalized spacial score (nSPS) is 11.1. The van der Waals surface area contributed by atoms with Crippen LogP contribution in [0.2, 0.25) is 0 Å². The first-order valence-electron chi connectivity index (χ1n) is 5.99. The van der Waals surface area contributed by atoms with E-state index in [0.29, 0.717) is 11.4 Å². The maximum atomic E-state index is 9.29. The average molecular weight is 232 g/mol. The van der Waals surface area contributed by atoms with Gasteiger partial charge in [0.05, 0.1) is 5.69 Å². The molecule has 0 aliphatic heterocycles. The van der Waals surface area contributed by atoms with Crippen molar-refractivity contribution >= 4 is 5.82 Å². The van der Waals surface area contributed by atoms with Crippen LogP contribution in [0.1, 0.15) is 51.4 Å². The Morgan fingerprint density at radius 2 is 1.82 bits per heavy atom. The predicted molar refractivity (Wildman–Crippen MR) is 68.9 cm³/mol. The van der Waals surface area contributed by atoms with Crippen LogP contribution in [-0.2, 0) is 12.8 Å². The topological polar surface area (TPSA) is 61.6 Å². The maximum absolute atomic E-state index is 9.29. The van der Waals surface area contributed by atoms with Crippen LogP contribution in [0.3, 0.4) is 0 Å². The van der Waals surface area contributed by atoms with Crippen LogP contribution >= 0.6 is 0 Å². The minimum absolute atomic E-state index is 0.126. The summed E-state index contributed by atoms with van der Waals surface area (Å²) in [6.07, 6.45) is 1.61. The summed E-state index contributed by atoms with van der Waals surface area (Å²) in [5.41, 5.74) is 2.44. The van der Waals surface area contributed by atoms with E-state index in [1.54, 1.807) is 0 Å². The Kier molecular flexibility index (Phi) is 4.06. The second kappa shape index (κ2) is 5.13. The van der Waals surface area contributed by atoms with Crippen molar-refractivity contribution in [1.82, 2.24) is 10.2 Å². The van der Waals surface area contributed by atoms with E-state index in [9.17, 15) is 5.26 Å². The molecular formula is C13H20N4. The first-order chi connectivity index (χ1) is 7.92. The van der Waals surface area contributed by atoms with Crippen LogP contribution in [0.25, 0.3) is 0 Å². The van der Waals surface area contributed by atoms with Crippen LogP contribution in [0.5, 0.6) is 0 Å². The van der Waals surface area contributed by atoms with Gasteiger partial charge in [-0.25, -0.2) is 0 Å². The van der Waals surface area contributed by atoms with Crippen molar-refractivity contribution in [3.63, 3.8) is 0 Å². The van der Waals surface area contributed by atoms with Crippen LogP contribution in [0, 0.1) is 11.3 Å². The number of aryl methyl sites for hydroxylation is 1. The van der Waals surface area contributed by atoms with Crippen molar-refractivity contribution in [3.8, 4) is 6.07 Å². The van der Waals surface area contributed by atoms with Gasteiger partial charge in [0.1, 0.15) is 11.6 Å². The molecule has 0 radical (unpaired) electrons. The van der Waals surface area contributed by atoms with Gasteiger partial charge in [0.2, 0.25) is 0 Å². The summed E-state index contributed by atoms with van der Waals surface area (Å²) in [6.45, 7) is 10.2. The van der Waals surface area contributed by atoms with E-state index in [0.717, 1.165) is 24.1 Å². The molecule has 4 nitrogen and oxygen atoms in total. The van der Waals surface area contributed by atoms with Crippen molar-refractivity contribution in [1.29, 1.82) is 5.26 Å². The molecule has 0 aromatic carbocycles. The first-order valence-corrected chi connectivity index (χ1v) is 5.99. The lowest BCUT2D eigenvalue weighted by Crippen LogP contribution is -2.28. The Hall–Kier alpha value is -1.63. The SMILES string of the molecule is CCc1nnc(NC(C)(C)C)c(C#N)c1CC. The molecule has 0 fully saturated rings. The highest BCUT2D eigenvalue weighted by Crippen LogP contribution is 2.22. The van der Waals surface area contributed by atoms with Crippen LogP contribution in [0.15, 0.2) is 0 Å². The zero-order chi connectivity index (χ0) is 13.1. The Labute approximate surface area is 103 Å². The van der Waals surface area contributed by atoms with E-state index in [-0.39, 0.29) is 5.54 Å². The molecule has 17 heavy (non-hydrogen) atoms. The minimum atomic E-state index is -0.126. The maximum Gasteiger partial charge on any atom is 0.167 e. The number of rotatable bonds is 3. The Morgan fingerprint density at radius 3 is 2.24 bits per heavy atom. The molecule has 0 unspecified atom stereocenters. The van der Waals surface area contributed by atoms with Gasteiger partial charge in [-0.3, -0.25) is 0 Å². The molecule has 0 spiro atoms. The van der Waals surface area contributed by atoms with Crippen molar-refractivity contribution in [2.45, 2.75) is 53.0 Å². The molecule has 1 heterocycles. The highest BCUT2D eigenvalue weighted by atomic mass is 15.2. The molecule has 0 amide bonds. The third kappa shape index (κ3) is 3.16. The third-order valence-corrected chi connectivity index (χ3v) is 2.45. The molecule has 0 bridgehead atoms. The van der Waals surface area contributed by atoms with E-state index in [2.05, 4.69) is 21.6 Å². The van der Waals surface area contributed by atoms with Gasteiger partial charge in [0.15, 0.2) is 5.82 Å². The van der Waals surface area contributed by atoms with Gasteiger partial charge in [-0.1, -0.05) is 13.8 Å². The highest BCUT2D eigenvalue weighted by molar-refractivity contribution is 5.57. The second-order valence-electron chi connectivity index (χ2n) is 5.04. The van der Waals surface area contributed by atoms with Crippen LogP contribution in [0.4, 0.5) is 5.82 Å². The standard InChI is InChI=1S/C13H20N4/c1-6-9-10(8-14)12(15-13(3,4)5)17-16-11(9)7-2/h6-7H2,1-5H3,(H,15,17). The lowest BCUT2D eigenvalue weighted by atomic mass is 10.0. The van der Waals surface area contributed by atoms with Gasteiger partial charge in [-0.05, 0) is 39.2 Å². The monoisotopic (exact) mass is 232 g/mol. The molecule has 0 saturated carbocycles. The first kappa shape index (κ1) is 13.4. The van der Waals surface area contributed by atoms with Gasteiger partial charge < -0.3 is 5.32 Å². The largest absolute Gasteiger partial charge is 0.363 e. The van der Waals surface area contributed by atoms with Crippen molar-refractivity contribution in [2.75, 3.05) is 5.32 Å². The molecule has 0 atom stereocenters. The fourth-order valence-electron chi connectivity index (χ4n) is 1.74. The zero-order valence-electron chi connectivity index (χ0n) is 11.3. The molecule has 1 aromatic rings. The summed E-state index contributed by atoms with van der Waals surface area (Å²) in [6, 6.07) is 2.25. The number of aromatic nitrogens is 2. The molecule has 4 heteroatoms. The van der Waals surface area contributed by atoms with Gasteiger partial charge in [0, 0.05) is 5.54 Å². The fourth-order valence-corrected chi connectivity index (χ4v) is 1.74. The van der Waals surface area contributed by atoms with Gasteiger partial charge in [-0.2, -0.15) is 10.4 Å². The number of hydrogen-bond acceptors (Lipinski definition) is 4. The summed E-state index contributed by atoms with van der Waals surface area (Å²) >= 11 is 0. The third-order valence-electron chi connectivity index (χ3n) is 2.45. The smallest absolute Gasteiger partial charge is 0.167 e. The van der Waals surface area contributed by atoms with E-state index in [4.69, 9.17) is 0 Å². The van der Waals surface area contributed by atoms with E-state index in [1.807, 2.05) is 34.6 Å². The highest BCUT2D eigenvalue weighted by Gasteiger charge is 2.18. The summed E-state index contributed by atoms with van der Waals surface area (Å²) in [7, 11) is 0. The van der Waals surface area contributed by atoms with Gasteiger partial charge in [-0.15, -0.1) is 5.10 Å². The summed E-state index contributed by atoms with van der Waals surface area (Å²) in [4.78, 5) is 0. The summed E-state index contributed by atoms with van der Waals surface area (Å²) < 4.78 is 0. The predicted octanol–water partition coefficient (Wildman–Crippen LogP) is 2.68. The second-order valence-corrected chi connectivity index (χ2v) is 5.04. The van der Waals surface area contributed by atoms with Crippen LogP contribution < -0.4 is 5.32 Å². The lowest BCUT2D eigenvalue weighted by Gasteiger charge is -2.22. The Bertz CT molecular complexity index is 438. The summed E-state index contributed by atoms with van der Waals surface area (Å²) in [5, 5.41) is 20.8. The molecule has 1 rings (SSSR count). The average Bonchev–Trinajstić information content (AvgIpc) is 2.26. The Morgan fingerprint density at radius 1 is 1.18 bits per heavy atom. The minimum Gasteiger partial charge on any atom is -0.363 e.